The van der Waals surface area contributed by atoms with Crippen molar-refractivity contribution in [2.45, 2.75) is 37.9 Å². The van der Waals surface area contributed by atoms with E-state index >= 15 is 0 Å². The van der Waals surface area contributed by atoms with Crippen LogP contribution in [0.25, 0.3) is 11.3 Å². The van der Waals surface area contributed by atoms with Crippen molar-refractivity contribution in [2.75, 3.05) is 6.54 Å². The predicted octanol–water partition coefficient (Wildman–Crippen LogP) is 4.43. The van der Waals surface area contributed by atoms with E-state index < -0.39 is 11.9 Å². The van der Waals surface area contributed by atoms with Crippen LogP contribution in [-0.2, 0) is 22.7 Å². The highest BCUT2D eigenvalue weighted by molar-refractivity contribution is 6.05. The number of carbonyl (C=O) groups excluding carboxylic acids is 3. The van der Waals surface area contributed by atoms with Gasteiger partial charge in [0.15, 0.2) is 0 Å². The highest BCUT2D eigenvalue weighted by Crippen LogP contribution is 2.31. The van der Waals surface area contributed by atoms with E-state index in [1.54, 1.807) is 4.90 Å². The van der Waals surface area contributed by atoms with E-state index in [0.29, 0.717) is 25.1 Å². The number of aromatic nitrogens is 1. The molecular formula is C33H30N4O3. The summed E-state index contributed by atoms with van der Waals surface area (Å²) in [6, 6.07) is 30.2. The van der Waals surface area contributed by atoms with Crippen LogP contribution in [0.4, 0.5) is 0 Å². The van der Waals surface area contributed by atoms with Gasteiger partial charge < -0.3 is 10.2 Å². The van der Waals surface area contributed by atoms with Crippen molar-refractivity contribution in [1.82, 2.24) is 20.5 Å². The van der Waals surface area contributed by atoms with E-state index in [9.17, 15) is 14.4 Å². The van der Waals surface area contributed by atoms with Crippen LogP contribution in [-0.4, -0.2) is 40.2 Å². The Morgan fingerprint density at radius 1 is 0.900 bits per heavy atom. The predicted molar refractivity (Wildman–Crippen MR) is 152 cm³/mol. The number of benzene rings is 3. The number of nitrogens with zero attached hydrogens (tertiary/aromatic N) is 2. The first-order valence-corrected chi connectivity index (χ1v) is 13.6. The van der Waals surface area contributed by atoms with E-state index in [1.807, 2.05) is 42.6 Å². The maximum Gasteiger partial charge on any atom is 0.255 e. The molecule has 0 radical (unpaired) electrons. The Hall–Kier alpha value is -4.62. The molecule has 3 amide bonds. The van der Waals surface area contributed by atoms with Gasteiger partial charge in [0, 0.05) is 49.3 Å². The van der Waals surface area contributed by atoms with Crippen molar-refractivity contribution in [2.24, 2.45) is 0 Å². The fourth-order valence-corrected chi connectivity index (χ4v) is 5.64. The van der Waals surface area contributed by atoms with E-state index in [4.69, 9.17) is 0 Å². The lowest BCUT2D eigenvalue weighted by Crippen LogP contribution is -2.52. The maximum absolute atomic E-state index is 13.0. The Kier molecular flexibility index (Phi) is 7.21. The molecule has 200 valence electrons. The molecular weight excluding hydrogens is 500 g/mol. The van der Waals surface area contributed by atoms with Gasteiger partial charge in [-0.2, -0.15) is 0 Å². The van der Waals surface area contributed by atoms with Crippen molar-refractivity contribution in [3.05, 3.63) is 125 Å². The maximum atomic E-state index is 13.0. The van der Waals surface area contributed by atoms with Crippen molar-refractivity contribution >= 4 is 17.7 Å². The molecule has 1 fully saturated rings. The molecule has 4 aromatic rings. The Morgan fingerprint density at radius 2 is 1.62 bits per heavy atom. The third-order valence-corrected chi connectivity index (χ3v) is 7.73. The van der Waals surface area contributed by atoms with E-state index in [1.165, 1.54) is 11.1 Å². The lowest BCUT2D eigenvalue weighted by molar-refractivity contribution is -0.136. The quantitative estimate of drug-likeness (QED) is 0.329. The van der Waals surface area contributed by atoms with Crippen LogP contribution in [0.2, 0.25) is 0 Å². The molecule has 3 aromatic carbocycles. The summed E-state index contributed by atoms with van der Waals surface area (Å²) in [7, 11) is 0. The highest BCUT2D eigenvalue weighted by atomic mass is 16.2. The number of piperidine rings is 1. The van der Waals surface area contributed by atoms with Gasteiger partial charge in [0.05, 0.1) is 5.69 Å². The normalized spacial score (nSPS) is 16.8. The molecule has 1 saturated heterocycles. The van der Waals surface area contributed by atoms with Gasteiger partial charge in [0.2, 0.25) is 11.8 Å². The summed E-state index contributed by atoms with van der Waals surface area (Å²) in [6.45, 7) is 1.83. The molecule has 0 spiro atoms. The zero-order valence-corrected chi connectivity index (χ0v) is 22.0. The average molecular weight is 531 g/mol. The molecule has 2 aliphatic heterocycles. The first kappa shape index (κ1) is 25.6. The molecule has 7 heteroatoms. The van der Waals surface area contributed by atoms with Crippen LogP contribution in [0.15, 0.2) is 97.2 Å². The van der Waals surface area contributed by atoms with Crippen molar-refractivity contribution in [3.63, 3.8) is 0 Å². The second-order valence-corrected chi connectivity index (χ2v) is 10.3. The van der Waals surface area contributed by atoms with Crippen LogP contribution in [0.1, 0.15) is 51.4 Å². The second kappa shape index (κ2) is 11.2. The number of fused-ring (bicyclic) bond motifs is 1. The lowest BCUT2D eigenvalue weighted by Gasteiger charge is -2.29. The van der Waals surface area contributed by atoms with E-state index in [2.05, 4.69) is 70.2 Å². The van der Waals surface area contributed by atoms with Crippen molar-refractivity contribution < 1.29 is 14.4 Å². The molecule has 0 saturated carbocycles. The van der Waals surface area contributed by atoms with Crippen LogP contribution < -0.4 is 10.6 Å². The molecule has 3 heterocycles. The zero-order chi connectivity index (χ0) is 27.5. The van der Waals surface area contributed by atoms with Gasteiger partial charge >= 0.3 is 0 Å². The lowest BCUT2D eigenvalue weighted by atomic mass is 9.91. The number of amides is 3. The second-order valence-electron chi connectivity index (χ2n) is 10.3. The highest BCUT2D eigenvalue weighted by Gasteiger charge is 2.39. The minimum atomic E-state index is -0.621. The van der Waals surface area contributed by atoms with Crippen molar-refractivity contribution in [3.8, 4) is 11.3 Å². The standard InChI is InChI=1S/C33H30N4O3/c38-31-14-13-30(32(39)36-31)37-21-26-18-25(11-12-27(26)33(37)40)29-17-22(15-16-35-29)19-34-20-28(23-7-3-1-4-8-23)24-9-5-2-6-10-24/h1-12,15-18,28,30,34H,13-14,19-21H2,(H,36,38,39). The van der Waals surface area contributed by atoms with E-state index in [0.717, 1.165) is 28.9 Å². The number of imide groups is 1. The summed E-state index contributed by atoms with van der Waals surface area (Å²) in [4.78, 5) is 43.1. The first-order chi connectivity index (χ1) is 19.6. The van der Waals surface area contributed by atoms with Crippen LogP contribution in [0, 0.1) is 0 Å². The SMILES string of the molecule is O=C1CCC(N2Cc3cc(-c4cc(CNCC(c5ccccc5)c5ccccc5)ccn4)ccc3C2=O)C(=O)N1. The average Bonchev–Trinajstić information content (AvgIpc) is 3.31. The molecule has 1 atom stereocenters. The summed E-state index contributed by atoms with van der Waals surface area (Å²) in [6.07, 6.45) is 2.40. The van der Waals surface area contributed by atoms with Gasteiger partial charge in [0.1, 0.15) is 6.04 Å². The molecule has 6 rings (SSSR count). The monoisotopic (exact) mass is 530 g/mol. The van der Waals surface area contributed by atoms with Crippen LogP contribution >= 0.6 is 0 Å². The summed E-state index contributed by atoms with van der Waals surface area (Å²) in [5.41, 5.74) is 6.88. The number of hydrogen-bond donors (Lipinski definition) is 2. The molecule has 0 bridgehead atoms. The third kappa shape index (κ3) is 5.28. The Labute approximate surface area is 233 Å². The minimum Gasteiger partial charge on any atom is -0.322 e. The van der Waals surface area contributed by atoms with Crippen molar-refractivity contribution in [1.29, 1.82) is 0 Å². The fourth-order valence-electron chi connectivity index (χ4n) is 5.64. The Morgan fingerprint density at radius 3 is 2.33 bits per heavy atom. The van der Waals surface area contributed by atoms with Crippen LogP contribution in [0.3, 0.4) is 0 Å². The first-order valence-electron chi connectivity index (χ1n) is 13.6. The Bertz CT molecular complexity index is 1520. The van der Waals surface area contributed by atoms with Gasteiger partial charge in [0.25, 0.3) is 5.91 Å². The number of carbonyl (C=O) groups is 3. The van der Waals surface area contributed by atoms with Gasteiger partial charge in [-0.25, -0.2) is 0 Å². The molecule has 1 aromatic heterocycles. The molecule has 2 aliphatic rings. The molecule has 1 unspecified atom stereocenters. The van der Waals surface area contributed by atoms with Gasteiger partial charge in [-0.3, -0.25) is 24.7 Å². The number of nitrogens with one attached hydrogen (secondary N) is 2. The Balaban J connectivity index is 1.15. The van der Waals surface area contributed by atoms with Gasteiger partial charge in [-0.1, -0.05) is 66.7 Å². The van der Waals surface area contributed by atoms with Gasteiger partial charge in [-0.05, 0) is 52.9 Å². The zero-order valence-electron chi connectivity index (χ0n) is 22.0. The largest absolute Gasteiger partial charge is 0.322 e. The summed E-state index contributed by atoms with van der Waals surface area (Å²) < 4.78 is 0. The number of rotatable bonds is 8. The molecule has 7 nitrogen and oxygen atoms in total. The van der Waals surface area contributed by atoms with E-state index in [-0.39, 0.29) is 24.2 Å². The number of hydrogen-bond acceptors (Lipinski definition) is 5. The summed E-state index contributed by atoms with van der Waals surface area (Å²) >= 11 is 0. The molecule has 2 N–H and O–H groups in total. The number of pyridine rings is 1. The smallest absolute Gasteiger partial charge is 0.255 e. The fraction of sp³-hybridized carbons (Fsp3) is 0.212. The molecule has 0 aliphatic carbocycles. The summed E-state index contributed by atoms with van der Waals surface area (Å²) in [5.74, 6) is -0.622. The van der Waals surface area contributed by atoms with Crippen LogP contribution in [0.5, 0.6) is 0 Å². The molecule has 40 heavy (non-hydrogen) atoms. The summed E-state index contributed by atoms with van der Waals surface area (Å²) in [5, 5.41) is 5.98. The van der Waals surface area contributed by atoms with Gasteiger partial charge in [-0.15, -0.1) is 0 Å². The minimum absolute atomic E-state index is 0.173. The third-order valence-electron chi connectivity index (χ3n) is 7.73. The topological polar surface area (TPSA) is 91.4 Å².